The van der Waals surface area contributed by atoms with Gasteiger partial charge in [0, 0.05) is 19.3 Å². The summed E-state index contributed by atoms with van der Waals surface area (Å²) in [5.41, 5.74) is 0. The Balaban J connectivity index is -0.000000309. The fourth-order valence-electron chi connectivity index (χ4n) is 5.82. The van der Waals surface area contributed by atoms with Gasteiger partial charge in [-0.15, -0.1) is 0 Å². The highest BCUT2D eigenvalue weighted by molar-refractivity contribution is 5.67. The third-order valence-electron chi connectivity index (χ3n) is 8.98. The quantitative estimate of drug-likeness (QED) is 0.0557. The molecule has 0 bridgehead atoms. The van der Waals surface area contributed by atoms with Gasteiger partial charge >= 0.3 is 17.9 Å². The van der Waals surface area contributed by atoms with E-state index in [0.717, 1.165) is 38.5 Å². The summed E-state index contributed by atoms with van der Waals surface area (Å²) in [6.45, 7) is 10.7. The van der Waals surface area contributed by atoms with Crippen molar-refractivity contribution in [3.63, 3.8) is 0 Å². The molecule has 302 valence electrons. The molecular formula is C44H90O6. The average Bonchev–Trinajstić information content (AvgIpc) is 3.09. The summed E-state index contributed by atoms with van der Waals surface area (Å²) >= 11 is 0. The number of carbonyl (C=O) groups is 3. The maximum absolute atomic E-state index is 10.3. The van der Waals surface area contributed by atoms with Crippen molar-refractivity contribution < 1.29 is 29.7 Å². The zero-order chi connectivity index (χ0) is 38.2. The SMILES string of the molecule is CC.CCCCCCCCCCCCCC(=O)O.CCCCCCCCCCCCCC(=O)O.CCCCCCCCCCCCCC(=O)O. The molecule has 0 radical (unpaired) electrons. The fraction of sp³-hybridized carbons (Fsp3) is 0.932. The normalized spacial score (nSPS) is 10.3. The van der Waals surface area contributed by atoms with Gasteiger partial charge in [0.05, 0.1) is 0 Å². The molecule has 0 aliphatic rings. The summed E-state index contributed by atoms with van der Waals surface area (Å²) in [7, 11) is 0. The van der Waals surface area contributed by atoms with Crippen molar-refractivity contribution in [3.05, 3.63) is 0 Å². The first kappa shape index (κ1) is 55.2. The Bertz CT molecular complexity index is 550. The number of carboxylic acids is 3. The second-order valence-corrected chi connectivity index (χ2v) is 14.0. The Morgan fingerprint density at radius 3 is 0.500 bits per heavy atom. The Kier molecular flexibility index (Phi) is 59.8. The third-order valence-corrected chi connectivity index (χ3v) is 8.98. The molecule has 0 unspecified atom stereocenters. The number of hydrogen-bond acceptors (Lipinski definition) is 3. The minimum Gasteiger partial charge on any atom is -0.481 e. The van der Waals surface area contributed by atoms with Crippen LogP contribution in [0, 0.1) is 0 Å². The highest BCUT2D eigenvalue weighted by Crippen LogP contribution is 2.14. The molecule has 0 aliphatic carbocycles. The molecule has 0 spiro atoms. The van der Waals surface area contributed by atoms with Gasteiger partial charge in [-0.05, 0) is 19.3 Å². The van der Waals surface area contributed by atoms with E-state index in [1.807, 2.05) is 13.8 Å². The van der Waals surface area contributed by atoms with E-state index in [1.165, 1.54) is 173 Å². The smallest absolute Gasteiger partial charge is 0.303 e. The lowest BCUT2D eigenvalue weighted by molar-refractivity contribution is -0.138. The maximum Gasteiger partial charge on any atom is 0.303 e. The average molecular weight is 715 g/mol. The van der Waals surface area contributed by atoms with Crippen molar-refractivity contribution in [2.24, 2.45) is 0 Å². The van der Waals surface area contributed by atoms with Gasteiger partial charge in [0.1, 0.15) is 0 Å². The second kappa shape index (κ2) is 54.2. The van der Waals surface area contributed by atoms with Gasteiger partial charge in [-0.25, -0.2) is 0 Å². The molecular weight excluding hydrogens is 624 g/mol. The van der Waals surface area contributed by atoms with E-state index in [4.69, 9.17) is 15.3 Å². The van der Waals surface area contributed by atoms with Crippen LogP contribution in [0.5, 0.6) is 0 Å². The van der Waals surface area contributed by atoms with Gasteiger partial charge in [0.2, 0.25) is 0 Å². The molecule has 0 atom stereocenters. The van der Waals surface area contributed by atoms with Crippen molar-refractivity contribution in [1.82, 2.24) is 0 Å². The molecule has 0 saturated carbocycles. The van der Waals surface area contributed by atoms with Gasteiger partial charge in [0.25, 0.3) is 0 Å². The molecule has 6 heteroatoms. The lowest BCUT2D eigenvalue weighted by atomic mass is 10.1. The minimum absolute atomic E-state index is 0.344. The minimum atomic E-state index is -0.657. The van der Waals surface area contributed by atoms with E-state index >= 15 is 0 Å². The number of aliphatic carboxylic acids is 3. The van der Waals surface area contributed by atoms with E-state index in [1.54, 1.807) is 0 Å². The van der Waals surface area contributed by atoms with Crippen LogP contribution in [0.3, 0.4) is 0 Å². The van der Waals surface area contributed by atoms with Crippen molar-refractivity contribution in [1.29, 1.82) is 0 Å². The molecule has 0 aliphatic heterocycles. The zero-order valence-corrected chi connectivity index (χ0v) is 34.5. The molecule has 0 aromatic heterocycles. The van der Waals surface area contributed by atoms with E-state index in [9.17, 15) is 14.4 Å². The Labute approximate surface area is 312 Å². The van der Waals surface area contributed by atoms with E-state index < -0.39 is 17.9 Å². The van der Waals surface area contributed by atoms with Crippen LogP contribution in [0.1, 0.15) is 266 Å². The summed E-state index contributed by atoms with van der Waals surface area (Å²) in [5, 5.41) is 25.4. The summed E-state index contributed by atoms with van der Waals surface area (Å²) in [6, 6.07) is 0. The summed E-state index contributed by atoms with van der Waals surface area (Å²) < 4.78 is 0. The van der Waals surface area contributed by atoms with Crippen LogP contribution in [0.2, 0.25) is 0 Å². The summed E-state index contributed by atoms with van der Waals surface area (Å²) in [6.07, 6.45) is 43.1. The lowest BCUT2D eigenvalue weighted by Gasteiger charge is -2.01. The first-order valence-electron chi connectivity index (χ1n) is 22.0. The second-order valence-electron chi connectivity index (χ2n) is 14.0. The van der Waals surface area contributed by atoms with Crippen molar-refractivity contribution in [2.75, 3.05) is 0 Å². The Hall–Kier alpha value is -1.59. The number of rotatable bonds is 36. The molecule has 0 aromatic rings. The van der Waals surface area contributed by atoms with E-state index in [0.29, 0.717) is 19.3 Å². The number of hydrogen-bond donors (Lipinski definition) is 3. The molecule has 0 heterocycles. The van der Waals surface area contributed by atoms with Crippen LogP contribution < -0.4 is 0 Å². The molecule has 0 aromatic carbocycles. The maximum atomic E-state index is 10.3. The molecule has 0 amide bonds. The topological polar surface area (TPSA) is 112 Å². The van der Waals surface area contributed by atoms with Gasteiger partial charge < -0.3 is 15.3 Å². The highest BCUT2D eigenvalue weighted by atomic mass is 16.4. The van der Waals surface area contributed by atoms with Crippen LogP contribution in [-0.2, 0) is 14.4 Å². The Morgan fingerprint density at radius 1 is 0.260 bits per heavy atom. The van der Waals surface area contributed by atoms with Crippen LogP contribution in [0.25, 0.3) is 0 Å². The largest absolute Gasteiger partial charge is 0.481 e. The van der Waals surface area contributed by atoms with Crippen molar-refractivity contribution >= 4 is 17.9 Å². The zero-order valence-electron chi connectivity index (χ0n) is 34.5. The number of carboxylic acid groups (broad SMARTS) is 3. The molecule has 3 N–H and O–H groups in total. The third kappa shape index (κ3) is 68.4. The first-order chi connectivity index (χ1) is 24.3. The van der Waals surface area contributed by atoms with E-state index in [-0.39, 0.29) is 0 Å². The predicted molar refractivity (Wildman–Crippen MR) is 217 cm³/mol. The van der Waals surface area contributed by atoms with Crippen molar-refractivity contribution in [3.8, 4) is 0 Å². The van der Waals surface area contributed by atoms with Crippen LogP contribution in [0.15, 0.2) is 0 Å². The molecule has 0 rings (SSSR count). The Morgan fingerprint density at radius 2 is 0.380 bits per heavy atom. The van der Waals surface area contributed by atoms with Crippen LogP contribution in [0.4, 0.5) is 0 Å². The predicted octanol–water partition coefficient (Wildman–Crippen LogP) is 15.3. The van der Waals surface area contributed by atoms with E-state index in [2.05, 4.69) is 20.8 Å². The lowest BCUT2D eigenvalue weighted by Crippen LogP contribution is -1.93. The molecule has 0 fully saturated rings. The molecule has 0 saturated heterocycles. The fourth-order valence-corrected chi connectivity index (χ4v) is 5.82. The highest BCUT2D eigenvalue weighted by Gasteiger charge is 1.99. The summed E-state index contributed by atoms with van der Waals surface area (Å²) in [4.78, 5) is 30.8. The standard InChI is InChI=1S/3C14H28O2.C2H6/c3*1-2-3-4-5-6-7-8-9-10-11-12-13-14(15)16;1-2/h3*2-13H2,1H3,(H,15,16);1-2H3. The van der Waals surface area contributed by atoms with Gasteiger partial charge in [-0.1, -0.05) is 227 Å². The van der Waals surface area contributed by atoms with Gasteiger partial charge in [0.15, 0.2) is 0 Å². The first-order valence-corrected chi connectivity index (χ1v) is 22.0. The monoisotopic (exact) mass is 715 g/mol. The van der Waals surface area contributed by atoms with Crippen LogP contribution in [-0.4, -0.2) is 33.2 Å². The van der Waals surface area contributed by atoms with Crippen molar-refractivity contribution in [2.45, 2.75) is 266 Å². The molecule has 50 heavy (non-hydrogen) atoms. The molecule has 6 nitrogen and oxygen atoms in total. The van der Waals surface area contributed by atoms with Gasteiger partial charge in [-0.3, -0.25) is 14.4 Å². The number of unbranched alkanes of at least 4 members (excludes halogenated alkanes) is 30. The summed E-state index contributed by atoms with van der Waals surface area (Å²) in [5.74, 6) is -1.97. The van der Waals surface area contributed by atoms with Gasteiger partial charge in [-0.2, -0.15) is 0 Å². The van der Waals surface area contributed by atoms with Crippen LogP contribution >= 0.6 is 0 Å².